The van der Waals surface area contributed by atoms with Gasteiger partial charge in [-0.3, -0.25) is 19.6 Å². The van der Waals surface area contributed by atoms with Crippen LogP contribution in [0.1, 0.15) is 45.5 Å². The highest BCUT2D eigenvalue weighted by molar-refractivity contribution is 6.24. The Morgan fingerprint density at radius 1 is 0.833 bits per heavy atom. The Bertz CT molecular complexity index is 1280. The Hall–Kier alpha value is -4.49. The second-order valence-electron chi connectivity index (χ2n) is 8.53. The van der Waals surface area contributed by atoms with Gasteiger partial charge in [-0.2, -0.15) is 0 Å². The van der Waals surface area contributed by atoms with Crippen molar-refractivity contribution in [2.75, 3.05) is 0 Å². The molecule has 0 unspecified atom stereocenters. The summed E-state index contributed by atoms with van der Waals surface area (Å²) >= 11 is 0. The van der Waals surface area contributed by atoms with Gasteiger partial charge in [0.05, 0.1) is 0 Å². The van der Waals surface area contributed by atoms with E-state index in [2.05, 4.69) is 10.6 Å². The number of nitrogens with one attached hydrogen (secondary N) is 3. The minimum Gasteiger partial charge on any atom is -0.349 e. The quantitative estimate of drug-likeness (QED) is 0.161. The van der Waals surface area contributed by atoms with Gasteiger partial charge in [-0.25, -0.2) is 5.48 Å². The molecule has 0 bridgehead atoms. The van der Waals surface area contributed by atoms with E-state index in [4.69, 9.17) is 5.21 Å². The lowest BCUT2D eigenvalue weighted by Gasteiger charge is -2.09. The molecular weight excluding hydrogens is 454 g/mol. The lowest BCUT2D eigenvalue weighted by molar-refractivity contribution is -0.117. The fourth-order valence-corrected chi connectivity index (χ4v) is 3.52. The first-order valence-corrected chi connectivity index (χ1v) is 11.7. The van der Waals surface area contributed by atoms with E-state index < -0.39 is 5.91 Å². The van der Waals surface area contributed by atoms with Crippen LogP contribution in [-0.2, 0) is 16.1 Å². The van der Waals surface area contributed by atoms with Crippen molar-refractivity contribution in [1.29, 1.82) is 0 Å². The molecule has 1 aliphatic rings. The molecule has 3 aromatic carbocycles. The van der Waals surface area contributed by atoms with Crippen molar-refractivity contribution in [1.82, 2.24) is 16.1 Å². The minimum atomic E-state index is -0.590. The normalized spacial score (nSPS) is 13.3. The third-order valence-corrected chi connectivity index (χ3v) is 5.70. The highest BCUT2D eigenvalue weighted by Gasteiger charge is 2.25. The SMILES string of the molecule is O=C(/C=C/c1ccc(/C=C(/C(=O)NC2CC2)c2ccccc2)cc1)NCc1ccc(C(=O)NO)cc1. The van der Waals surface area contributed by atoms with Crippen LogP contribution in [0, 0.1) is 0 Å². The van der Waals surface area contributed by atoms with Crippen LogP contribution >= 0.6 is 0 Å². The van der Waals surface area contributed by atoms with Crippen LogP contribution in [0.4, 0.5) is 0 Å². The monoisotopic (exact) mass is 481 g/mol. The zero-order valence-electron chi connectivity index (χ0n) is 19.6. The molecule has 7 heteroatoms. The van der Waals surface area contributed by atoms with Crippen molar-refractivity contribution < 1.29 is 19.6 Å². The third-order valence-electron chi connectivity index (χ3n) is 5.70. The summed E-state index contributed by atoms with van der Waals surface area (Å²) in [6.45, 7) is 0.305. The summed E-state index contributed by atoms with van der Waals surface area (Å²) in [7, 11) is 0. The summed E-state index contributed by atoms with van der Waals surface area (Å²) in [4.78, 5) is 36.4. The molecule has 0 heterocycles. The zero-order chi connectivity index (χ0) is 25.3. The van der Waals surface area contributed by atoms with Crippen LogP contribution < -0.4 is 16.1 Å². The van der Waals surface area contributed by atoms with Gasteiger partial charge in [-0.1, -0.05) is 66.7 Å². The Morgan fingerprint density at radius 2 is 1.50 bits per heavy atom. The van der Waals surface area contributed by atoms with Gasteiger partial charge in [-0.05, 0) is 59.4 Å². The number of hydroxylamine groups is 1. The molecule has 0 atom stereocenters. The van der Waals surface area contributed by atoms with E-state index in [0.717, 1.165) is 35.1 Å². The van der Waals surface area contributed by atoms with E-state index >= 15 is 0 Å². The molecule has 7 nitrogen and oxygen atoms in total. The number of hydrogen-bond donors (Lipinski definition) is 4. The van der Waals surface area contributed by atoms with Crippen molar-refractivity contribution in [2.45, 2.75) is 25.4 Å². The Morgan fingerprint density at radius 3 is 2.14 bits per heavy atom. The predicted molar refractivity (Wildman–Crippen MR) is 138 cm³/mol. The van der Waals surface area contributed by atoms with Crippen LogP contribution in [0.2, 0.25) is 0 Å². The number of amides is 3. The van der Waals surface area contributed by atoms with E-state index in [1.165, 1.54) is 6.08 Å². The maximum Gasteiger partial charge on any atom is 0.274 e. The summed E-state index contributed by atoms with van der Waals surface area (Å²) in [6, 6.07) is 24.0. The Kier molecular flexibility index (Phi) is 8.05. The zero-order valence-corrected chi connectivity index (χ0v) is 19.6. The van der Waals surface area contributed by atoms with E-state index in [0.29, 0.717) is 17.7 Å². The number of benzene rings is 3. The average molecular weight is 482 g/mol. The molecule has 36 heavy (non-hydrogen) atoms. The van der Waals surface area contributed by atoms with Gasteiger partial charge < -0.3 is 10.6 Å². The maximum atomic E-state index is 12.8. The van der Waals surface area contributed by atoms with Gasteiger partial charge in [0, 0.05) is 29.8 Å². The summed E-state index contributed by atoms with van der Waals surface area (Å²) < 4.78 is 0. The van der Waals surface area contributed by atoms with Crippen LogP contribution in [0.3, 0.4) is 0 Å². The molecule has 3 aromatic rings. The van der Waals surface area contributed by atoms with E-state index in [9.17, 15) is 14.4 Å². The Labute approximate surface area is 209 Å². The van der Waals surface area contributed by atoms with Crippen LogP contribution in [0.25, 0.3) is 17.7 Å². The van der Waals surface area contributed by atoms with Crippen molar-refractivity contribution in [3.05, 3.63) is 113 Å². The second-order valence-corrected chi connectivity index (χ2v) is 8.53. The van der Waals surface area contributed by atoms with Crippen LogP contribution in [0.15, 0.2) is 84.9 Å². The highest BCUT2D eigenvalue weighted by Crippen LogP contribution is 2.23. The molecule has 0 aromatic heterocycles. The number of carbonyl (C=O) groups excluding carboxylic acids is 3. The molecule has 0 aliphatic heterocycles. The molecule has 4 rings (SSSR count). The van der Waals surface area contributed by atoms with E-state index in [1.54, 1.807) is 35.8 Å². The summed E-state index contributed by atoms with van der Waals surface area (Å²) in [5.41, 5.74) is 5.95. The highest BCUT2D eigenvalue weighted by atomic mass is 16.5. The maximum absolute atomic E-state index is 12.8. The van der Waals surface area contributed by atoms with Gasteiger partial charge in [0.25, 0.3) is 11.8 Å². The molecule has 4 N–H and O–H groups in total. The van der Waals surface area contributed by atoms with E-state index in [1.807, 2.05) is 60.7 Å². The second kappa shape index (κ2) is 11.8. The van der Waals surface area contributed by atoms with Crippen molar-refractivity contribution in [2.24, 2.45) is 0 Å². The average Bonchev–Trinajstić information content (AvgIpc) is 3.74. The summed E-state index contributed by atoms with van der Waals surface area (Å²) in [6.07, 6.45) is 7.10. The predicted octanol–water partition coefficient (Wildman–Crippen LogP) is 3.95. The number of hydrogen-bond acceptors (Lipinski definition) is 4. The fourth-order valence-electron chi connectivity index (χ4n) is 3.52. The van der Waals surface area contributed by atoms with Gasteiger partial charge in [0.1, 0.15) is 0 Å². The molecule has 1 fully saturated rings. The first kappa shape index (κ1) is 24.6. The molecule has 0 spiro atoms. The van der Waals surface area contributed by atoms with Gasteiger partial charge in [0.2, 0.25) is 5.91 Å². The molecule has 1 saturated carbocycles. The fraction of sp³-hybridized carbons (Fsp3) is 0.138. The summed E-state index contributed by atoms with van der Waals surface area (Å²) in [5, 5.41) is 14.5. The largest absolute Gasteiger partial charge is 0.349 e. The van der Waals surface area contributed by atoms with Gasteiger partial charge >= 0.3 is 0 Å². The first-order chi connectivity index (χ1) is 17.5. The van der Waals surface area contributed by atoms with Crippen molar-refractivity contribution in [3.8, 4) is 0 Å². The number of carbonyl (C=O) groups is 3. The van der Waals surface area contributed by atoms with Gasteiger partial charge in [-0.15, -0.1) is 0 Å². The van der Waals surface area contributed by atoms with Crippen LogP contribution in [-0.4, -0.2) is 29.0 Å². The van der Waals surface area contributed by atoms with Gasteiger partial charge in [0.15, 0.2) is 0 Å². The van der Waals surface area contributed by atoms with Crippen molar-refractivity contribution in [3.63, 3.8) is 0 Å². The lowest BCUT2D eigenvalue weighted by Crippen LogP contribution is -2.26. The Balaban J connectivity index is 1.36. The molecule has 3 amide bonds. The van der Waals surface area contributed by atoms with Crippen LogP contribution in [0.5, 0.6) is 0 Å². The molecular formula is C29H27N3O4. The molecule has 1 aliphatic carbocycles. The molecule has 0 radical (unpaired) electrons. The molecule has 182 valence electrons. The standard InChI is InChI=1S/C29H27N3O4/c33-27(30-19-22-10-13-24(14-11-22)28(34)32-36)17-12-20-6-8-21(9-7-20)18-26(23-4-2-1-3-5-23)29(35)31-25-15-16-25/h1-14,17-18,25,36H,15-16,19H2,(H,30,33)(H,31,35)(H,32,34)/b17-12+,26-18+. The smallest absolute Gasteiger partial charge is 0.274 e. The van der Waals surface area contributed by atoms with E-state index in [-0.39, 0.29) is 17.9 Å². The topological polar surface area (TPSA) is 108 Å². The lowest BCUT2D eigenvalue weighted by atomic mass is 10.0. The summed E-state index contributed by atoms with van der Waals surface area (Å²) in [5.74, 6) is -0.914. The third kappa shape index (κ3) is 7.01. The first-order valence-electron chi connectivity index (χ1n) is 11.7. The molecule has 0 saturated heterocycles. The number of rotatable bonds is 9. The van der Waals surface area contributed by atoms with Crippen molar-refractivity contribution >= 4 is 35.4 Å². The minimum absolute atomic E-state index is 0.0735.